The van der Waals surface area contributed by atoms with Gasteiger partial charge in [-0.3, -0.25) is 4.79 Å². The van der Waals surface area contributed by atoms with Crippen molar-refractivity contribution < 1.29 is 10.0 Å². The summed E-state index contributed by atoms with van der Waals surface area (Å²) in [5.41, 5.74) is 5.65. The second-order valence-corrected chi connectivity index (χ2v) is 6.15. The van der Waals surface area contributed by atoms with E-state index in [1.807, 2.05) is 0 Å². The van der Waals surface area contributed by atoms with Crippen molar-refractivity contribution in [1.29, 1.82) is 0 Å². The molecule has 0 aromatic carbocycles. The molecule has 4 N–H and O–H groups in total. The van der Waals surface area contributed by atoms with E-state index in [-0.39, 0.29) is 11.7 Å². The number of nitrogens with two attached hydrogens (primary N) is 1. The normalized spacial score (nSPS) is 27.3. The SMILES string of the molecule is Cc1nnsc1C(=O)NC1(C(N)=NO)CCC(C)CC1. The first-order valence-corrected chi connectivity index (χ1v) is 7.35. The van der Waals surface area contributed by atoms with Crippen LogP contribution in [0.2, 0.25) is 0 Å². The minimum Gasteiger partial charge on any atom is -0.409 e. The Balaban J connectivity index is 2.21. The highest BCUT2D eigenvalue weighted by molar-refractivity contribution is 7.08. The molecule has 8 heteroatoms. The highest BCUT2D eigenvalue weighted by Crippen LogP contribution is 2.32. The molecule has 0 unspecified atom stereocenters. The monoisotopic (exact) mass is 297 g/mol. The zero-order valence-electron chi connectivity index (χ0n) is 11.6. The van der Waals surface area contributed by atoms with Crippen molar-refractivity contribution in [3.63, 3.8) is 0 Å². The first-order chi connectivity index (χ1) is 9.48. The summed E-state index contributed by atoms with van der Waals surface area (Å²) in [5, 5.41) is 18.9. The minimum atomic E-state index is -0.769. The minimum absolute atomic E-state index is 0.0628. The van der Waals surface area contributed by atoms with Gasteiger partial charge in [-0.05, 0) is 50.1 Å². The van der Waals surface area contributed by atoms with Gasteiger partial charge in [0, 0.05) is 0 Å². The van der Waals surface area contributed by atoms with Crippen molar-refractivity contribution in [3.05, 3.63) is 10.6 Å². The fourth-order valence-corrected chi connectivity index (χ4v) is 3.06. The van der Waals surface area contributed by atoms with Crippen LogP contribution in [0.15, 0.2) is 5.16 Å². The molecular weight excluding hydrogens is 278 g/mol. The van der Waals surface area contributed by atoms with Gasteiger partial charge in [0.05, 0.1) is 5.69 Å². The lowest BCUT2D eigenvalue weighted by molar-refractivity contribution is 0.0901. The molecule has 1 aliphatic carbocycles. The third-order valence-corrected chi connectivity index (χ3v) is 4.76. The van der Waals surface area contributed by atoms with Gasteiger partial charge in [0.2, 0.25) is 0 Å². The molecule has 0 radical (unpaired) electrons. The average Bonchev–Trinajstić information content (AvgIpc) is 2.87. The summed E-state index contributed by atoms with van der Waals surface area (Å²) in [7, 11) is 0. The number of amides is 1. The Morgan fingerprint density at radius 1 is 1.55 bits per heavy atom. The molecule has 1 fully saturated rings. The van der Waals surface area contributed by atoms with Gasteiger partial charge in [0.1, 0.15) is 10.4 Å². The van der Waals surface area contributed by atoms with Crippen molar-refractivity contribution in [2.24, 2.45) is 16.8 Å². The Morgan fingerprint density at radius 2 is 2.20 bits per heavy atom. The summed E-state index contributed by atoms with van der Waals surface area (Å²) >= 11 is 1.05. The molecule has 0 atom stereocenters. The molecule has 7 nitrogen and oxygen atoms in total. The maximum absolute atomic E-state index is 12.3. The fraction of sp³-hybridized carbons (Fsp3) is 0.667. The lowest BCUT2D eigenvalue weighted by Crippen LogP contribution is -2.59. The van der Waals surface area contributed by atoms with Gasteiger partial charge in [-0.2, -0.15) is 0 Å². The van der Waals surface area contributed by atoms with E-state index in [4.69, 9.17) is 10.9 Å². The van der Waals surface area contributed by atoms with Crippen LogP contribution in [-0.4, -0.2) is 32.1 Å². The summed E-state index contributed by atoms with van der Waals surface area (Å²) < 4.78 is 3.76. The average molecular weight is 297 g/mol. The number of carbonyl (C=O) groups is 1. The highest BCUT2D eigenvalue weighted by atomic mass is 32.1. The summed E-state index contributed by atoms with van der Waals surface area (Å²) in [6.07, 6.45) is 3.19. The van der Waals surface area contributed by atoms with Crippen molar-refractivity contribution >= 4 is 23.3 Å². The molecule has 1 amide bonds. The van der Waals surface area contributed by atoms with Gasteiger partial charge in [-0.25, -0.2) is 0 Å². The number of nitrogens with zero attached hydrogens (tertiary/aromatic N) is 3. The first-order valence-electron chi connectivity index (χ1n) is 6.58. The fourth-order valence-electron chi connectivity index (χ4n) is 2.51. The molecule has 1 heterocycles. The van der Waals surface area contributed by atoms with Crippen LogP contribution in [-0.2, 0) is 0 Å². The predicted octanol–water partition coefficient (Wildman–Crippen LogP) is 1.27. The summed E-state index contributed by atoms with van der Waals surface area (Å²) in [6, 6.07) is 0. The van der Waals surface area contributed by atoms with Crippen molar-refractivity contribution in [3.8, 4) is 0 Å². The quantitative estimate of drug-likeness (QED) is 0.336. The topological polar surface area (TPSA) is 113 Å². The van der Waals surface area contributed by atoms with Gasteiger partial charge >= 0.3 is 0 Å². The van der Waals surface area contributed by atoms with Crippen LogP contribution < -0.4 is 11.1 Å². The van der Waals surface area contributed by atoms with E-state index in [9.17, 15) is 4.79 Å². The smallest absolute Gasteiger partial charge is 0.265 e. The molecule has 0 aliphatic heterocycles. The van der Waals surface area contributed by atoms with Gasteiger partial charge in [-0.1, -0.05) is 16.6 Å². The summed E-state index contributed by atoms with van der Waals surface area (Å²) in [6.45, 7) is 3.90. The summed E-state index contributed by atoms with van der Waals surface area (Å²) in [4.78, 5) is 12.8. The van der Waals surface area contributed by atoms with E-state index in [0.29, 0.717) is 29.3 Å². The van der Waals surface area contributed by atoms with Crippen LogP contribution in [0.25, 0.3) is 0 Å². The van der Waals surface area contributed by atoms with Gasteiger partial charge in [0.25, 0.3) is 5.91 Å². The van der Waals surface area contributed by atoms with Crippen LogP contribution in [0.4, 0.5) is 0 Å². The molecule has 20 heavy (non-hydrogen) atoms. The van der Waals surface area contributed by atoms with Crippen LogP contribution >= 0.6 is 11.5 Å². The Kier molecular flexibility index (Phi) is 4.22. The number of carbonyl (C=O) groups excluding carboxylic acids is 1. The zero-order chi connectivity index (χ0) is 14.8. The van der Waals surface area contributed by atoms with Crippen LogP contribution in [0.1, 0.15) is 48.0 Å². The van der Waals surface area contributed by atoms with Crippen molar-refractivity contribution in [2.45, 2.75) is 45.1 Å². The number of oxime groups is 1. The van der Waals surface area contributed by atoms with E-state index in [1.165, 1.54) is 0 Å². The number of hydrogen-bond acceptors (Lipinski definition) is 6. The number of hydrogen-bond donors (Lipinski definition) is 3. The molecule has 0 spiro atoms. The molecule has 1 aromatic rings. The maximum Gasteiger partial charge on any atom is 0.265 e. The number of amidine groups is 1. The number of aryl methyl sites for hydroxylation is 1. The first kappa shape index (κ1) is 14.7. The van der Waals surface area contributed by atoms with E-state index < -0.39 is 5.54 Å². The second kappa shape index (κ2) is 5.74. The highest BCUT2D eigenvalue weighted by Gasteiger charge is 2.40. The Bertz CT molecular complexity index is 520. The Morgan fingerprint density at radius 3 is 2.70 bits per heavy atom. The van der Waals surface area contributed by atoms with E-state index in [0.717, 1.165) is 24.4 Å². The number of rotatable bonds is 3. The standard InChI is InChI=1S/C12H19N5O2S/c1-7-3-5-12(6-4-7,11(13)16-19)14-10(18)9-8(2)15-17-20-9/h7,19H,3-6H2,1-2H3,(H2,13,16)(H,14,18). The predicted molar refractivity (Wildman–Crippen MR) is 75.9 cm³/mol. The third-order valence-electron chi connectivity index (χ3n) is 3.94. The van der Waals surface area contributed by atoms with Crippen LogP contribution in [0.3, 0.4) is 0 Å². The van der Waals surface area contributed by atoms with Gasteiger partial charge in [0.15, 0.2) is 5.84 Å². The van der Waals surface area contributed by atoms with Crippen LogP contribution in [0.5, 0.6) is 0 Å². The number of aromatic nitrogens is 2. The van der Waals surface area contributed by atoms with E-state index >= 15 is 0 Å². The Hall–Kier alpha value is -1.70. The molecule has 1 saturated carbocycles. The lowest BCUT2D eigenvalue weighted by atomic mass is 9.76. The largest absolute Gasteiger partial charge is 0.409 e. The van der Waals surface area contributed by atoms with Gasteiger partial charge in [-0.15, -0.1) is 5.10 Å². The maximum atomic E-state index is 12.3. The molecular formula is C12H19N5O2S. The van der Waals surface area contributed by atoms with E-state index in [2.05, 4.69) is 27.0 Å². The zero-order valence-corrected chi connectivity index (χ0v) is 12.4. The second-order valence-electron chi connectivity index (χ2n) is 5.39. The van der Waals surface area contributed by atoms with Gasteiger partial charge < -0.3 is 16.3 Å². The lowest BCUT2D eigenvalue weighted by Gasteiger charge is -2.38. The van der Waals surface area contributed by atoms with Crippen molar-refractivity contribution in [1.82, 2.24) is 14.9 Å². The molecule has 1 aromatic heterocycles. The van der Waals surface area contributed by atoms with E-state index in [1.54, 1.807) is 6.92 Å². The van der Waals surface area contributed by atoms with Crippen molar-refractivity contribution in [2.75, 3.05) is 0 Å². The molecule has 1 aliphatic rings. The third kappa shape index (κ3) is 2.74. The molecule has 2 rings (SSSR count). The molecule has 0 bridgehead atoms. The van der Waals surface area contributed by atoms with Crippen LogP contribution in [0, 0.1) is 12.8 Å². The Labute approximate surface area is 121 Å². The molecule has 0 saturated heterocycles. The summed E-state index contributed by atoms with van der Waals surface area (Å²) in [5.74, 6) is 0.379. The number of nitrogens with one attached hydrogen (secondary N) is 1. The molecule has 110 valence electrons.